The van der Waals surface area contributed by atoms with E-state index >= 15 is 0 Å². The molecule has 3 atom stereocenters. The molecule has 0 radical (unpaired) electrons. The first kappa shape index (κ1) is 13.5. The number of aliphatic carboxylic acids is 1. The number of carbonyl (C=O) groups excluding carboxylic acids is 2. The lowest BCUT2D eigenvalue weighted by atomic mass is 10.0. The van der Waals surface area contributed by atoms with E-state index in [0.717, 1.165) is 7.05 Å². The number of aliphatic hydroxyl groups is 3. The van der Waals surface area contributed by atoms with E-state index in [1.54, 1.807) is 0 Å². The van der Waals surface area contributed by atoms with Gasteiger partial charge in [0.2, 0.25) is 5.78 Å². The Morgan fingerprint density at radius 2 is 1.53 bits per heavy atom. The monoisotopic (exact) mass is 221 g/mol. The second kappa shape index (κ2) is 5.39. The molecule has 0 aliphatic rings. The van der Waals surface area contributed by atoms with Crippen molar-refractivity contribution in [3.8, 4) is 0 Å². The Kier molecular flexibility index (Phi) is 4.85. The Morgan fingerprint density at radius 3 is 1.87 bits per heavy atom. The van der Waals surface area contributed by atoms with E-state index in [2.05, 4.69) is 0 Å². The first-order valence-electron chi connectivity index (χ1n) is 3.85. The summed E-state index contributed by atoms with van der Waals surface area (Å²) in [5, 5.41) is 36.8. The Morgan fingerprint density at radius 1 is 1.07 bits per heavy atom. The van der Waals surface area contributed by atoms with Crippen LogP contribution in [0.4, 0.5) is 0 Å². The smallest absolute Gasteiger partial charge is 0.335 e. The SMILES string of the molecule is CNC(=O)[C@@H](O)C(=O)[C@@H](O)[C@@H](O)C(=O)O. The average molecular weight is 221 g/mol. The molecule has 0 aliphatic carbocycles. The molecule has 15 heavy (non-hydrogen) atoms. The van der Waals surface area contributed by atoms with Gasteiger partial charge >= 0.3 is 5.97 Å². The van der Waals surface area contributed by atoms with Crippen molar-refractivity contribution in [2.24, 2.45) is 0 Å². The van der Waals surface area contributed by atoms with Gasteiger partial charge in [0.1, 0.15) is 0 Å². The van der Waals surface area contributed by atoms with Crippen LogP contribution in [0.15, 0.2) is 0 Å². The third kappa shape index (κ3) is 3.27. The van der Waals surface area contributed by atoms with Crippen LogP contribution in [0.2, 0.25) is 0 Å². The number of carboxylic acid groups (broad SMARTS) is 1. The van der Waals surface area contributed by atoms with Crippen molar-refractivity contribution in [2.45, 2.75) is 18.3 Å². The zero-order valence-electron chi connectivity index (χ0n) is 7.75. The van der Waals surface area contributed by atoms with E-state index in [9.17, 15) is 14.4 Å². The van der Waals surface area contributed by atoms with Crippen molar-refractivity contribution in [1.29, 1.82) is 0 Å². The van der Waals surface area contributed by atoms with Crippen molar-refractivity contribution in [1.82, 2.24) is 5.32 Å². The number of carbonyl (C=O) groups is 3. The van der Waals surface area contributed by atoms with Crippen LogP contribution in [0, 0.1) is 0 Å². The second-order valence-corrected chi connectivity index (χ2v) is 2.65. The molecule has 0 spiro atoms. The van der Waals surface area contributed by atoms with Gasteiger partial charge in [0, 0.05) is 7.05 Å². The van der Waals surface area contributed by atoms with Crippen LogP contribution < -0.4 is 5.32 Å². The molecule has 0 aromatic carbocycles. The van der Waals surface area contributed by atoms with Crippen LogP contribution in [0.1, 0.15) is 0 Å². The number of hydrogen-bond acceptors (Lipinski definition) is 6. The third-order valence-electron chi connectivity index (χ3n) is 1.61. The molecule has 0 unspecified atom stereocenters. The van der Waals surface area contributed by atoms with Gasteiger partial charge in [0.15, 0.2) is 18.3 Å². The fourth-order valence-corrected chi connectivity index (χ4v) is 0.718. The highest BCUT2D eigenvalue weighted by molar-refractivity contribution is 6.07. The summed E-state index contributed by atoms with van der Waals surface area (Å²) < 4.78 is 0. The van der Waals surface area contributed by atoms with Crippen molar-refractivity contribution >= 4 is 17.7 Å². The van der Waals surface area contributed by atoms with Crippen molar-refractivity contribution < 1.29 is 34.8 Å². The lowest BCUT2D eigenvalue weighted by Crippen LogP contribution is -2.49. The van der Waals surface area contributed by atoms with Crippen molar-refractivity contribution in [2.75, 3.05) is 7.05 Å². The number of aliphatic hydroxyl groups excluding tert-OH is 3. The van der Waals surface area contributed by atoms with E-state index < -0.39 is 36.0 Å². The highest BCUT2D eigenvalue weighted by Crippen LogP contribution is 2.00. The normalized spacial score (nSPS) is 16.3. The maximum atomic E-state index is 11.0. The van der Waals surface area contributed by atoms with Gasteiger partial charge in [-0.05, 0) is 0 Å². The zero-order valence-corrected chi connectivity index (χ0v) is 7.75. The van der Waals surface area contributed by atoms with Crippen LogP contribution >= 0.6 is 0 Å². The molecule has 0 aliphatic heterocycles. The summed E-state index contributed by atoms with van der Waals surface area (Å²) in [5.41, 5.74) is 0. The van der Waals surface area contributed by atoms with Crippen LogP contribution in [-0.4, -0.2) is 63.4 Å². The van der Waals surface area contributed by atoms with Gasteiger partial charge in [-0.25, -0.2) is 4.79 Å². The van der Waals surface area contributed by atoms with Crippen LogP contribution in [0.3, 0.4) is 0 Å². The van der Waals surface area contributed by atoms with Gasteiger partial charge < -0.3 is 25.7 Å². The number of Topliss-reactive ketones (excluding diaryl/α,β-unsaturated/α-hetero) is 1. The number of rotatable bonds is 5. The first-order chi connectivity index (χ1) is 6.82. The molecule has 86 valence electrons. The molecule has 0 bridgehead atoms. The first-order valence-corrected chi connectivity index (χ1v) is 3.85. The molecule has 0 heterocycles. The molecule has 8 heteroatoms. The van der Waals surface area contributed by atoms with Crippen molar-refractivity contribution in [3.05, 3.63) is 0 Å². The maximum Gasteiger partial charge on any atom is 0.335 e. The number of nitrogens with one attached hydrogen (secondary N) is 1. The van der Waals surface area contributed by atoms with Gasteiger partial charge in [-0.2, -0.15) is 0 Å². The van der Waals surface area contributed by atoms with E-state index in [4.69, 9.17) is 20.4 Å². The molecular formula is C7H11NO7. The van der Waals surface area contributed by atoms with E-state index in [1.807, 2.05) is 5.32 Å². The molecule has 0 rings (SSSR count). The van der Waals surface area contributed by atoms with Gasteiger partial charge in [0.05, 0.1) is 0 Å². The molecule has 1 amide bonds. The number of carboxylic acids is 1. The minimum absolute atomic E-state index is 1.10. The summed E-state index contributed by atoms with van der Waals surface area (Å²) in [7, 11) is 1.14. The van der Waals surface area contributed by atoms with Gasteiger partial charge in [-0.3, -0.25) is 9.59 Å². The van der Waals surface area contributed by atoms with E-state index in [-0.39, 0.29) is 0 Å². The van der Waals surface area contributed by atoms with Crippen LogP contribution in [0.25, 0.3) is 0 Å². The summed E-state index contributed by atoms with van der Waals surface area (Å²) >= 11 is 0. The summed E-state index contributed by atoms with van der Waals surface area (Å²) in [6, 6.07) is 0. The third-order valence-corrected chi connectivity index (χ3v) is 1.61. The Hall–Kier alpha value is -1.51. The number of likely N-dealkylation sites (N-methyl/N-ethyl adjacent to an activating group) is 1. The Bertz CT molecular complexity index is 277. The summed E-state index contributed by atoms with van der Waals surface area (Å²) in [5.74, 6) is -4.42. The largest absolute Gasteiger partial charge is 0.479 e. The Labute approximate surface area is 84.1 Å². The standard InChI is InChI=1S/C7H11NO7/c1-8-6(13)4(11)2(9)3(10)5(12)7(14)15/h3-5,10-12H,1H3,(H,8,13)(H,14,15)/t3-,4+,5-/m1/s1. The molecule has 8 nitrogen and oxygen atoms in total. The zero-order chi connectivity index (χ0) is 12.2. The minimum Gasteiger partial charge on any atom is -0.479 e. The highest BCUT2D eigenvalue weighted by Gasteiger charge is 2.36. The predicted molar refractivity (Wildman–Crippen MR) is 44.7 cm³/mol. The fourth-order valence-electron chi connectivity index (χ4n) is 0.718. The summed E-state index contributed by atoms with van der Waals surface area (Å²) in [4.78, 5) is 31.9. The molecule has 0 aromatic rings. The average Bonchev–Trinajstić information content (AvgIpc) is 2.23. The second-order valence-electron chi connectivity index (χ2n) is 2.65. The van der Waals surface area contributed by atoms with Crippen molar-refractivity contribution in [3.63, 3.8) is 0 Å². The van der Waals surface area contributed by atoms with Crippen LogP contribution in [0.5, 0.6) is 0 Å². The minimum atomic E-state index is -2.38. The van der Waals surface area contributed by atoms with Gasteiger partial charge in [-0.1, -0.05) is 0 Å². The number of amides is 1. The quantitative estimate of drug-likeness (QED) is 0.302. The molecule has 0 saturated carbocycles. The summed E-state index contributed by atoms with van der Waals surface area (Å²) in [6.45, 7) is 0. The Balaban J connectivity index is 4.57. The van der Waals surface area contributed by atoms with Gasteiger partial charge in [0.25, 0.3) is 5.91 Å². The molecular weight excluding hydrogens is 210 g/mol. The lowest BCUT2D eigenvalue weighted by Gasteiger charge is -2.15. The molecule has 0 fully saturated rings. The molecule has 5 N–H and O–H groups in total. The lowest BCUT2D eigenvalue weighted by molar-refractivity contribution is -0.161. The molecule has 0 saturated heterocycles. The predicted octanol–water partition coefficient (Wildman–Crippen LogP) is -3.53. The van der Waals surface area contributed by atoms with Crippen LogP contribution in [-0.2, 0) is 14.4 Å². The maximum absolute atomic E-state index is 11.0. The summed E-state index contributed by atoms with van der Waals surface area (Å²) in [6.07, 6.45) is -6.94. The topological polar surface area (TPSA) is 144 Å². The number of hydrogen-bond donors (Lipinski definition) is 5. The highest BCUT2D eigenvalue weighted by atomic mass is 16.4. The number of ketones is 1. The van der Waals surface area contributed by atoms with E-state index in [0.29, 0.717) is 0 Å². The van der Waals surface area contributed by atoms with Gasteiger partial charge in [-0.15, -0.1) is 0 Å². The fraction of sp³-hybridized carbons (Fsp3) is 0.571. The molecule has 0 aromatic heterocycles. The van der Waals surface area contributed by atoms with E-state index in [1.165, 1.54) is 0 Å².